The van der Waals surface area contributed by atoms with Crippen molar-refractivity contribution in [1.29, 1.82) is 0 Å². The lowest BCUT2D eigenvalue weighted by Crippen LogP contribution is -2.24. The fraction of sp³-hybridized carbons (Fsp3) is 0.941. The molecule has 2 nitrogen and oxygen atoms in total. The highest BCUT2D eigenvalue weighted by Gasteiger charge is 2.12. The van der Waals surface area contributed by atoms with Crippen LogP contribution in [0.2, 0.25) is 0 Å². The topological polar surface area (TPSA) is 29.1 Å². The monoisotopic (exact) mass is 269 g/mol. The van der Waals surface area contributed by atoms with Crippen molar-refractivity contribution in [3.8, 4) is 0 Å². The van der Waals surface area contributed by atoms with Gasteiger partial charge in [0.2, 0.25) is 0 Å². The lowest BCUT2D eigenvalue weighted by Gasteiger charge is -2.17. The van der Waals surface area contributed by atoms with Crippen LogP contribution in [0.15, 0.2) is 0 Å². The van der Waals surface area contributed by atoms with Crippen LogP contribution in [0.4, 0.5) is 0 Å². The number of carbonyl (C=O) groups excluding carboxylic acids is 1. The van der Waals surface area contributed by atoms with E-state index < -0.39 is 0 Å². The summed E-state index contributed by atoms with van der Waals surface area (Å²) >= 11 is 0. The van der Waals surface area contributed by atoms with E-state index in [9.17, 15) is 4.79 Å². The predicted octanol–water partition coefficient (Wildman–Crippen LogP) is 4.58. The van der Waals surface area contributed by atoms with Gasteiger partial charge in [-0.25, -0.2) is 0 Å². The first kappa shape index (κ1) is 18.6. The fourth-order valence-corrected chi connectivity index (χ4v) is 1.91. The quantitative estimate of drug-likeness (QED) is 0.621. The highest BCUT2D eigenvalue weighted by molar-refractivity contribution is 5.80. The van der Waals surface area contributed by atoms with Gasteiger partial charge < -0.3 is 5.32 Å². The molecule has 1 N–H and O–H groups in total. The van der Waals surface area contributed by atoms with Gasteiger partial charge in [0.05, 0.1) is 6.54 Å². The Bertz CT molecular complexity index is 245. The van der Waals surface area contributed by atoms with Gasteiger partial charge in [-0.15, -0.1) is 0 Å². The summed E-state index contributed by atoms with van der Waals surface area (Å²) in [5.41, 5.74) is 0.721. The van der Waals surface area contributed by atoms with Crippen LogP contribution in [0.3, 0.4) is 0 Å². The molecule has 114 valence electrons. The molecule has 0 aromatic rings. The number of nitrogens with one attached hydrogen (secondary N) is 1. The van der Waals surface area contributed by atoms with E-state index in [0.717, 1.165) is 13.0 Å². The van der Waals surface area contributed by atoms with Crippen molar-refractivity contribution in [3.05, 3.63) is 0 Å². The summed E-state index contributed by atoms with van der Waals surface area (Å²) in [5, 5.41) is 3.27. The zero-order valence-corrected chi connectivity index (χ0v) is 14.1. The van der Waals surface area contributed by atoms with Crippen LogP contribution in [-0.4, -0.2) is 18.9 Å². The Morgan fingerprint density at radius 3 is 1.95 bits per heavy atom. The molecule has 0 rings (SSSR count). The summed E-state index contributed by atoms with van der Waals surface area (Å²) < 4.78 is 0. The Kier molecular flexibility index (Phi) is 8.56. The van der Waals surface area contributed by atoms with Gasteiger partial charge >= 0.3 is 0 Å². The molecule has 0 bridgehead atoms. The van der Waals surface area contributed by atoms with Crippen molar-refractivity contribution in [2.45, 2.75) is 80.1 Å². The molecule has 0 aliphatic carbocycles. The second kappa shape index (κ2) is 8.73. The van der Waals surface area contributed by atoms with Gasteiger partial charge in [0.15, 0.2) is 0 Å². The smallest absolute Gasteiger partial charge is 0.146 e. The minimum absolute atomic E-state index is 0.266. The van der Waals surface area contributed by atoms with E-state index in [1.807, 2.05) is 0 Å². The van der Waals surface area contributed by atoms with E-state index in [2.05, 4.69) is 46.9 Å². The summed E-state index contributed by atoms with van der Waals surface area (Å²) in [4.78, 5) is 11.6. The predicted molar refractivity (Wildman–Crippen MR) is 84.5 cm³/mol. The van der Waals surface area contributed by atoms with Crippen LogP contribution in [0.5, 0.6) is 0 Å². The lowest BCUT2D eigenvalue weighted by molar-refractivity contribution is -0.118. The molecule has 0 amide bonds. The molecule has 2 heteroatoms. The number of carbonyl (C=O) groups is 1. The first-order valence-electron chi connectivity index (χ1n) is 7.83. The molecule has 0 aromatic carbocycles. The maximum absolute atomic E-state index is 11.6. The van der Waals surface area contributed by atoms with Crippen molar-refractivity contribution in [2.75, 3.05) is 13.1 Å². The molecule has 0 spiro atoms. The summed E-state index contributed by atoms with van der Waals surface area (Å²) in [7, 11) is 0. The van der Waals surface area contributed by atoms with Gasteiger partial charge in [0, 0.05) is 6.42 Å². The van der Waals surface area contributed by atoms with Crippen LogP contribution in [0, 0.1) is 10.8 Å². The first-order chi connectivity index (χ1) is 8.60. The lowest BCUT2D eigenvalue weighted by atomic mass is 9.89. The number of hydrogen-bond acceptors (Lipinski definition) is 2. The van der Waals surface area contributed by atoms with Gasteiger partial charge in [-0.05, 0) is 36.6 Å². The summed E-state index contributed by atoms with van der Waals surface area (Å²) in [6.45, 7) is 15.0. The minimum atomic E-state index is 0.266. The molecular weight excluding hydrogens is 234 g/mol. The Balaban J connectivity index is 3.37. The SMILES string of the molecule is CC(C)(C)CCCCCNCC(=O)CCC(C)(C)C. The Labute approximate surface area is 120 Å². The maximum Gasteiger partial charge on any atom is 0.146 e. The number of Topliss-reactive ketones (excluding diaryl/α,β-unsaturated/α-hetero) is 1. The molecule has 0 aromatic heterocycles. The summed E-state index contributed by atoms with van der Waals surface area (Å²) in [5.74, 6) is 0.351. The van der Waals surface area contributed by atoms with Crippen LogP contribution in [0.25, 0.3) is 0 Å². The third kappa shape index (κ3) is 15.6. The molecule has 0 aliphatic rings. The number of hydrogen-bond donors (Lipinski definition) is 1. The van der Waals surface area contributed by atoms with Crippen LogP contribution < -0.4 is 5.32 Å². The molecule has 0 atom stereocenters. The van der Waals surface area contributed by atoms with E-state index in [-0.39, 0.29) is 5.41 Å². The maximum atomic E-state index is 11.6. The molecule has 0 heterocycles. The third-order valence-electron chi connectivity index (χ3n) is 3.26. The fourth-order valence-electron chi connectivity index (χ4n) is 1.91. The number of ketones is 1. The molecule has 0 fully saturated rings. The standard InChI is InChI=1S/C17H35NO/c1-16(2,3)11-8-7-9-13-18-14-15(19)10-12-17(4,5)6/h18H,7-14H2,1-6H3. The van der Waals surface area contributed by atoms with Crippen LogP contribution >= 0.6 is 0 Å². The van der Waals surface area contributed by atoms with Crippen molar-refractivity contribution in [3.63, 3.8) is 0 Å². The van der Waals surface area contributed by atoms with E-state index in [1.54, 1.807) is 0 Å². The van der Waals surface area contributed by atoms with Gasteiger partial charge in [0.25, 0.3) is 0 Å². The second-order valence-corrected chi connectivity index (χ2v) is 8.15. The molecule has 19 heavy (non-hydrogen) atoms. The van der Waals surface area contributed by atoms with Gasteiger partial charge in [-0.3, -0.25) is 4.79 Å². The van der Waals surface area contributed by atoms with E-state index in [4.69, 9.17) is 0 Å². The van der Waals surface area contributed by atoms with Gasteiger partial charge in [-0.2, -0.15) is 0 Å². The van der Waals surface area contributed by atoms with Crippen molar-refractivity contribution < 1.29 is 4.79 Å². The zero-order valence-electron chi connectivity index (χ0n) is 14.1. The molecule has 0 saturated carbocycles. The van der Waals surface area contributed by atoms with Gasteiger partial charge in [-0.1, -0.05) is 54.4 Å². The Morgan fingerprint density at radius 2 is 1.42 bits per heavy atom. The third-order valence-corrected chi connectivity index (χ3v) is 3.26. The summed E-state index contributed by atoms with van der Waals surface area (Å²) in [6.07, 6.45) is 6.73. The van der Waals surface area contributed by atoms with Crippen LogP contribution in [0.1, 0.15) is 80.1 Å². The Hall–Kier alpha value is -0.370. The van der Waals surface area contributed by atoms with E-state index in [0.29, 0.717) is 24.2 Å². The highest BCUT2D eigenvalue weighted by Crippen LogP contribution is 2.22. The van der Waals surface area contributed by atoms with Crippen LogP contribution in [-0.2, 0) is 4.79 Å². The number of unbranched alkanes of at least 4 members (excludes halogenated alkanes) is 2. The molecule has 0 radical (unpaired) electrons. The Morgan fingerprint density at radius 1 is 0.842 bits per heavy atom. The molecular formula is C17H35NO. The molecule has 0 saturated heterocycles. The normalized spacial score (nSPS) is 12.7. The largest absolute Gasteiger partial charge is 0.310 e. The van der Waals surface area contributed by atoms with Crippen molar-refractivity contribution in [2.24, 2.45) is 10.8 Å². The summed E-state index contributed by atoms with van der Waals surface area (Å²) in [6, 6.07) is 0. The number of rotatable bonds is 9. The van der Waals surface area contributed by atoms with Gasteiger partial charge in [0.1, 0.15) is 5.78 Å². The average Bonchev–Trinajstić information content (AvgIpc) is 2.22. The average molecular weight is 269 g/mol. The molecule has 0 unspecified atom stereocenters. The van der Waals surface area contributed by atoms with E-state index in [1.165, 1.54) is 25.7 Å². The minimum Gasteiger partial charge on any atom is -0.310 e. The first-order valence-corrected chi connectivity index (χ1v) is 7.83. The van der Waals surface area contributed by atoms with Crippen molar-refractivity contribution >= 4 is 5.78 Å². The second-order valence-electron chi connectivity index (χ2n) is 8.15. The highest BCUT2D eigenvalue weighted by atomic mass is 16.1. The van der Waals surface area contributed by atoms with Crippen molar-refractivity contribution in [1.82, 2.24) is 5.32 Å². The van der Waals surface area contributed by atoms with E-state index >= 15 is 0 Å². The molecule has 0 aliphatic heterocycles. The zero-order chi connectivity index (χ0) is 14.9.